The number of likely N-dealkylation sites (tertiary alicyclic amines) is 2. The summed E-state index contributed by atoms with van der Waals surface area (Å²) in [5.41, 5.74) is 0. The number of nitrogens with zero attached hydrogens (tertiary/aromatic N) is 2. The van der Waals surface area contributed by atoms with Crippen molar-refractivity contribution in [2.75, 3.05) is 32.7 Å². The van der Waals surface area contributed by atoms with Gasteiger partial charge in [-0.3, -0.25) is 4.79 Å². The fraction of sp³-hybridized carbons (Fsp3) is 0.929. The zero-order valence-corrected chi connectivity index (χ0v) is 11.5. The predicted molar refractivity (Wildman–Crippen MR) is 71.7 cm³/mol. The molecule has 1 atom stereocenters. The Morgan fingerprint density at radius 3 is 2.39 bits per heavy atom. The average Bonchev–Trinajstić information content (AvgIpc) is 2.82. The van der Waals surface area contributed by atoms with Gasteiger partial charge in [-0.05, 0) is 64.7 Å². The quantitative estimate of drug-likeness (QED) is 0.810. The van der Waals surface area contributed by atoms with Gasteiger partial charge < -0.3 is 14.9 Å². The molecule has 2 fully saturated rings. The molecular formula is C14H26N2O2. The molecular weight excluding hydrogens is 228 g/mol. The van der Waals surface area contributed by atoms with Gasteiger partial charge in [-0.2, -0.15) is 0 Å². The van der Waals surface area contributed by atoms with E-state index in [1.54, 1.807) is 0 Å². The van der Waals surface area contributed by atoms with E-state index in [4.69, 9.17) is 5.11 Å². The van der Waals surface area contributed by atoms with Gasteiger partial charge in [0.2, 0.25) is 0 Å². The second kappa shape index (κ2) is 6.53. The molecule has 0 amide bonds. The van der Waals surface area contributed by atoms with Gasteiger partial charge in [0, 0.05) is 12.6 Å². The van der Waals surface area contributed by atoms with Crippen LogP contribution in [0.4, 0.5) is 0 Å². The molecule has 2 saturated heterocycles. The molecule has 2 aliphatic heterocycles. The number of aliphatic carboxylic acids is 1. The summed E-state index contributed by atoms with van der Waals surface area (Å²) in [6, 6.07) is 0.190. The Morgan fingerprint density at radius 1 is 1.22 bits per heavy atom. The third kappa shape index (κ3) is 3.95. The highest BCUT2D eigenvalue weighted by molar-refractivity contribution is 5.67. The van der Waals surface area contributed by atoms with Gasteiger partial charge in [-0.1, -0.05) is 0 Å². The Morgan fingerprint density at radius 2 is 1.83 bits per heavy atom. The molecule has 0 aromatic carbocycles. The molecule has 18 heavy (non-hydrogen) atoms. The van der Waals surface area contributed by atoms with Crippen LogP contribution >= 0.6 is 0 Å². The fourth-order valence-electron chi connectivity index (χ4n) is 3.29. The molecule has 0 saturated carbocycles. The molecule has 2 rings (SSSR count). The predicted octanol–water partition coefficient (Wildman–Crippen LogP) is 1.66. The molecule has 0 bridgehead atoms. The van der Waals surface area contributed by atoms with Crippen molar-refractivity contribution in [1.29, 1.82) is 0 Å². The molecule has 0 aromatic rings. The first-order valence-corrected chi connectivity index (χ1v) is 7.33. The molecule has 4 heteroatoms. The molecule has 104 valence electrons. The first kappa shape index (κ1) is 13.8. The lowest BCUT2D eigenvalue weighted by Crippen LogP contribution is -2.43. The highest BCUT2D eigenvalue weighted by Crippen LogP contribution is 2.22. The topological polar surface area (TPSA) is 43.8 Å². The number of carboxylic acid groups (broad SMARTS) is 1. The second-order valence-electron chi connectivity index (χ2n) is 5.93. The molecule has 1 N–H and O–H groups in total. The van der Waals surface area contributed by atoms with Crippen molar-refractivity contribution >= 4 is 5.97 Å². The van der Waals surface area contributed by atoms with E-state index in [1.165, 1.54) is 45.3 Å². The first-order chi connectivity index (χ1) is 8.65. The zero-order valence-electron chi connectivity index (χ0n) is 11.5. The summed E-state index contributed by atoms with van der Waals surface area (Å²) in [5.74, 6) is 0.151. The van der Waals surface area contributed by atoms with Gasteiger partial charge >= 0.3 is 5.97 Å². The maximum atomic E-state index is 10.7. The van der Waals surface area contributed by atoms with E-state index in [1.807, 2.05) is 6.92 Å². The van der Waals surface area contributed by atoms with Crippen molar-refractivity contribution in [3.8, 4) is 0 Å². The van der Waals surface area contributed by atoms with E-state index < -0.39 is 5.97 Å². The van der Waals surface area contributed by atoms with E-state index in [2.05, 4.69) is 9.80 Å². The Bertz CT molecular complexity index is 269. The van der Waals surface area contributed by atoms with Crippen LogP contribution in [0.25, 0.3) is 0 Å². The van der Waals surface area contributed by atoms with Crippen LogP contribution in [0.5, 0.6) is 0 Å². The maximum absolute atomic E-state index is 10.7. The average molecular weight is 254 g/mol. The number of piperidine rings is 1. The summed E-state index contributed by atoms with van der Waals surface area (Å²) in [5, 5.41) is 8.82. The minimum Gasteiger partial charge on any atom is -0.481 e. The van der Waals surface area contributed by atoms with Crippen LogP contribution in [0.3, 0.4) is 0 Å². The van der Waals surface area contributed by atoms with Crippen molar-refractivity contribution in [2.24, 2.45) is 5.92 Å². The summed E-state index contributed by atoms with van der Waals surface area (Å²) < 4.78 is 0. The number of carbonyl (C=O) groups is 1. The first-order valence-electron chi connectivity index (χ1n) is 7.33. The Labute approximate surface area is 110 Å². The van der Waals surface area contributed by atoms with Crippen LogP contribution in [0.2, 0.25) is 0 Å². The third-order valence-corrected chi connectivity index (χ3v) is 4.46. The second-order valence-corrected chi connectivity index (χ2v) is 5.93. The smallest absolute Gasteiger partial charge is 0.304 e. The van der Waals surface area contributed by atoms with Gasteiger partial charge in [0.05, 0.1) is 6.42 Å². The van der Waals surface area contributed by atoms with E-state index in [0.29, 0.717) is 0 Å². The molecule has 2 aliphatic rings. The van der Waals surface area contributed by atoms with E-state index in [0.717, 1.165) is 19.0 Å². The van der Waals surface area contributed by atoms with Crippen molar-refractivity contribution in [3.63, 3.8) is 0 Å². The molecule has 0 spiro atoms. The van der Waals surface area contributed by atoms with Crippen molar-refractivity contribution in [2.45, 2.75) is 45.1 Å². The molecule has 1 unspecified atom stereocenters. The van der Waals surface area contributed by atoms with Gasteiger partial charge in [0.25, 0.3) is 0 Å². The van der Waals surface area contributed by atoms with Crippen molar-refractivity contribution < 1.29 is 9.90 Å². The van der Waals surface area contributed by atoms with Crippen LogP contribution in [0, 0.1) is 5.92 Å². The molecule has 0 radical (unpaired) electrons. The molecule has 2 heterocycles. The van der Waals surface area contributed by atoms with Crippen LogP contribution in [-0.4, -0.2) is 59.6 Å². The summed E-state index contributed by atoms with van der Waals surface area (Å²) >= 11 is 0. The van der Waals surface area contributed by atoms with Crippen LogP contribution in [0.1, 0.15) is 39.0 Å². The lowest BCUT2D eigenvalue weighted by atomic mass is 9.95. The Hall–Kier alpha value is -0.610. The molecule has 0 aliphatic carbocycles. The highest BCUT2D eigenvalue weighted by atomic mass is 16.4. The summed E-state index contributed by atoms with van der Waals surface area (Å²) in [6.07, 6.45) is 5.49. The minimum atomic E-state index is -0.679. The van der Waals surface area contributed by atoms with E-state index >= 15 is 0 Å². The van der Waals surface area contributed by atoms with E-state index in [9.17, 15) is 4.79 Å². The van der Waals surface area contributed by atoms with Gasteiger partial charge in [-0.25, -0.2) is 0 Å². The van der Waals surface area contributed by atoms with Gasteiger partial charge in [-0.15, -0.1) is 0 Å². The summed E-state index contributed by atoms with van der Waals surface area (Å²) in [7, 11) is 0. The lowest BCUT2D eigenvalue weighted by molar-refractivity contribution is -0.138. The van der Waals surface area contributed by atoms with Gasteiger partial charge in [0.1, 0.15) is 0 Å². The fourth-order valence-corrected chi connectivity index (χ4v) is 3.29. The van der Waals surface area contributed by atoms with Crippen molar-refractivity contribution in [1.82, 2.24) is 9.80 Å². The molecule has 0 aromatic heterocycles. The SMILES string of the molecule is CC(CC(=O)O)N1CCC(CN2CCCC2)CC1. The largest absolute Gasteiger partial charge is 0.481 e. The minimum absolute atomic E-state index is 0.190. The van der Waals surface area contributed by atoms with Gasteiger partial charge in [0.15, 0.2) is 0 Å². The van der Waals surface area contributed by atoms with Crippen LogP contribution in [0.15, 0.2) is 0 Å². The Balaban J connectivity index is 1.68. The number of carboxylic acids is 1. The normalized spacial score (nSPS) is 25.4. The maximum Gasteiger partial charge on any atom is 0.304 e. The standard InChI is InChI=1S/C14H26N2O2/c1-12(10-14(17)18)16-8-4-13(5-9-16)11-15-6-2-3-7-15/h12-13H,2-11H2,1H3,(H,17,18). The van der Waals surface area contributed by atoms with Crippen LogP contribution in [-0.2, 0) is 4.79 Å². The lowest BCUT2D eigenvalue weighted by Gasteiger charge is -2.36. The Kier molecular flexibility index (Phi) is 5.01. The summed E-state index contributed by atoms with van der Waals surface area (Å²) in [6.45, 7) is 8.03. The molecule has 4 nitrogen and oxygen atoms in total. The van der Waals surface area contributed by atoms with Crippen molar-refractivity contribution in [3.05, 3.63) is 0 Å². The van der Waals surface area contributed by atoms with Crippen LogP contribution < -0.4 is 0 Å². The monoisotopic (exact) mass is 254 g/mol. The third-order valence-electron chi connectivity index (χ3n) is 4.46. The number of rotatable bonds is 5. The number of hydrogen-bond acceptors (Lipinski definition) is 3. The summed E-state index contributed by atoms with van der Waals surface area (Å²) in [4.78, 5) is 15.7. The highest BCUT2D eigenvalue weighted by Gasteiger charge is 2.25. The zero-order chi connectivity index (χ0) is 13.0. The van der Waals surface area contributed by atoms with E-state index in [-0.39, 0.29) is 12.5 Å². The number of hydrogen-bond donors (Lipinski definition) is 1.